The molecule has 2 rings (SSSR count). The summed E-state index contributed by atoms with van der Waals surface area (Å²) in [4.78, 5) is 26.2. The van der Waals surface area contributed by atoms with Crippen LogP contribution in [0.3, 0.4) is 0 Å². The summed E-state index contributed by atoms with van der Waals surface area (Å²) in [5.74, 6) is -0.00533. The number of carbonyl (C=O) groups is 2. The molecule has 19 heavy (non-hydrogen) atoms. The van der Waals surface area contributed by atoms with Crippen molar-refractivity contribution in [3.63, 3.8) is 0 Å². The van der Waals surface area contributed by atoms with Gasteiger partial charge in [0.05, 0.1) is 12.6 Å². The van der Waals surface area contributed by atoms with Crippen molar-refractivity contribution in [3.8, 4) is 0 Å². The lowest BCUT2D eigenvalue weighted by atomic mass is 9.84. The van der Waals surface area contributed by atoms with Gasteiger partial charge in [0, 0.05) is 13.2 Å². The van der Waals surface area contributed by atoms with Crippen LogP contribution in [-0.4, -0.2) is 48.6 Å². The number of hydrogen-bond donors (Lipinski definition) is 1. The van der Waals surface area contributed by atoms with E-state index in [0.29, 0.717) is 0 Å². The SMILES string of the molecule is COC1CCC(N2CC(=O)NC(C(C)(C)C)C2=O)C1. The Kier molecular flexibility index (Phi) is 3.85. The zero-order valence-electron chi connectivity index (χ0n) is 12.2. The summed E-state index contributed by atoms with van der Waals surface area (Å²) >= 11 is 0. The molecule has 1 aliphatic heterocycles. The van der Waals surface area contributed by atoms with E-state index in [1.54, 1.807) is 12.0 Å². The van der Waals surface area contributed by atoms with Crippen molar-refractivity contribution < 1.29 is 14.3 Å². The first kappa shape index (κ1) is 14.3. The third kappa shape index (κ3) is 2.91. The Bertz CT molecular complexity index is 375. The monoisotopic (exact) mass is 268 g/mol. The molecule has 1 saturated heterocycles. The Labute approximate surface area is 114 Å². The first-order chi connectivity index (χ1) is 8.82. The Balaban J connectivity index is 2.12. The van der Waals surface area contributed by atoms with E-state index in [1.807, 2.05) is 20.8 Å². The Morgan fingerprint density at radius 3 is 2.47 bits per heavy atom. The van der Waals surface area contributed by atoms with Crippen LogP contribution in [0.25, 0.3) is 0 Å². The minimum Gasteiger partial charge on any atom is -0.381 e. The molecule has 108 valence electrons. The number of rotatable bonds is 2. The van der Waals surface area contributed by atoms with Gasteiger partial charge in [-0.15, -0.1) is 0 Å². The lowest BCUT2D eigenvalue weighted by Gasteiger charge is -2.41. The first-order valence-electron chi connectivity index (χ1n) is 6.95. The van der Waals surface area contributed by atoms with Gasteiger partial charge in [-0.05, 0) is 24.7 Å². The Morgan fingerprint density at radius 1 is 1.26 bits per heavy atom. The molecule has 0 radical (unpaired) electrons. The summed E-state index contributed by atoms with van der Waals surface area (Å²) in [6.07, 6.45) is 2.95. The topological polar surface area (TPSA) is 58.6 Å². The third-order valence-electron chi connectivity index (χ3n) is 4.15. The normalized spacial score (nSPS) is 32.6. The van der Waals surface area contributed by atoms with Crippen molar-refractivity contribution in [2.45, 2.75) is 58.2 Å². The molecule has 2 amide bonds. The maximum absolute atomic E-state index is 12.6. The van der Waals surface area contributed by atoms with Crippen LogP contribution in [0.4, 0.5) is 0 Å². The fraction of sp³-hybridized carbons (Fsp3) is 0.857. The molecule has 0 aromatic rings. The molecule has 1 saturated carbocycles. The van der Waals surface area contributed by atoms with Gasteiger partial charge in [-0.1, -0.05) is 20.8 Å². The van der Waals surface area contributed by atoms with Crippen molar-refractivity contribution >= 4 is 11.8 Å². The van der Waals surface area contributed by atoms with Crippen molar-refractivity contribution in [2.75, 3.05) is 13.7 Å². The number of nitrogens with zero attached hydrogens (tertiary/aromatic N) is 1. The highest BCUT2D eigenvalue weighted by atomic mass is 16.5. The zero-order chi connectivity index (χ0) is 14.2. The summed E-state index contributed by atoms with van der Waals surface area (Å²) in [7, 11) is 1.70. The van der Waals surface area contributed by atoms with Crippen LogP contribution >= 0.6 is 0 Å². The van der Waals surface area contributed by atoms with Gasteiger partial charge < -0.3 is 15.0 Å². The second-order valence-corrected chi connectivity index (χ2v) is 6.66. The van der Waals surface area contributed by atoms with E-state index in [9.17, 15) is 9.59 Å². The molecule has 0 aromatic carbocycles. The van der Waals surface area contributed by atoms with E-state index in [1.165, 1.54) is 0 Å². The molecule has 3 unspecified atom stereocenters. The molecule has 2 fully saturated rings. The van der Waals surface area contributed by atoms with Gasteiger partial charge in [-0.3, -0.25) is 9.59 Å². The van der Waals surface area contributed by atoms with Gasteiger partial charge in [0.25, 0.3) is 0 Å². The molecule has 0 spiro atoms. The summed E-state index contributed by atoms with van der Waals surface area (Å²) in [6.45, 7) is 6.12. The van der Waals surface area contributed by atoms with E-state index in [-0.39, 0.29) is 35.9 Å². The minimum atomic E-state index is -0.421. The number of ether oxygens (including phenoxy) is 1. The minimum absolute atomic E-state index is 0.0499. The highest BCUT2D eigenvalue weighted by molar-refractivity contribution is 5.95. The molecular formula is C14H24N2O3. The van der Waals surface area contributed by atoms with Crippen molar-refractivity contribution in [2.24, 2.45) is 5.41 Å². The second kappa shape index (κ2) is 5.12. The fourth-order valence-electron chi connectivity index (χ4n) is 2.98. The van der Waals surface area contributed by atoms with Crippen LogP contribution in [0.2, 0.25) is 0 Å². The Morgan fingerprint density at radius 2 is 1.95 bits per heavy atom. The molecule has 1 heterocycles. The molecule has 1 N–H and O–H groups in total. The van der Waals surface area contributed by atoms with Crippen molar-refractivity contribution in [1.29, 1.82) is 0 Å². The van der Waals surface area contributed by atoms with Gasteiger partial charge in [-0.2, -0.15) is 0 Å². The Hall–Kier alpha value is -1.10. The number of amides is 2. The van der Waals surface area contributed by atoms with Gasteiger partial charge in [-0.25, -0.2) is 0 Å². The predicted octanol–water partition coefficient (Wildman–Crippen LogP) is 0.927. The van der Waals surface area contributed by atoms with Crippen LogP contribution < -0.4 is 5.32 Å². The zero-order valence-corrected chi connectivity index (χ0v) is 12.2. The molecule has 5 heteroatoms. The molecule has 0 bridgehead atoms. The maximum Gasteiger partial charge on any atom is 0.246 e. The number of methoxy groups -OCH3 is 1. The summed E-state index contributed by atoms with van der Waals surface area (Å²) in [6, 6.07) is -0.274. The molecule has 0 aromatic heterocycles. The molecule has 5 nitrogen and oxygen atoms in total. The predicted molar refractivity (Wildman–Crippen MR) is 71.5 cm³/mol. The van der Waals surface area contributed by atoms with Crippen LogP contribution in [0.15, 0.2) is 0 Å². The first-order valence-corrected chi connectivity index (χ1v) is 6.95. The highest BCUT2D eigenvalue weighted by Gasteiger charge is 2.43. The van der Waals surface area contributed by atoms with Gasteiger partial charge >= 0.3 is 0 Å². The smallest absolute Gasteiger partial charge is 0.246 e. The largest absolute Gasteiger partial charge is 0.381 e. The second-order valence-electron chi connectivity index (χ2n) is 6.66. The molecular weight excluding hydrogens is 244 g/mol. The maximum atomic E-state index is 12.6. The van der Waals surface area contributed by atoms with Gasteiger partial charge in [0.1, 0.15) is 6.04 Å². The summed E-state index contributed by atoms with van der Waals surface area (Å²) in [5.41, 5.74) is -0.259. The van der Waals surface area contributed by atoms with Crippen LogP contribution in [0.5, 0.6) is 0 Å². The van der Waals surface area contributed by atoms with Crippen LogP contribution in [0.1, 0.15) is 40.0 Å². The standard InChI is InChI=1S/C14H24N2O3/c1-14(2,3)12-13(18)16(8-11(17)15-12)9-5-6-10(7-9)19-4/h9-10,12H,5-8H2,1-4H3,(H,15,17). The lowest BCUT2D eigenvalue weighted by Crippen LogP contribution is -2.64. The highest BCUT2D eigenvalue weighted by Crippen LogP contribution is 2.30. The van der Waals surface area contributed by atoms with E-state index in [0.717, 1.165) is 19.3 Å². The third-order valence-corrected chi connectivity index (χ3v) is 4.15. The number of carbonyl (C=O) groups excluding carboxylic acids is 2. The van der Waals surface area contributed by atoms with Crippen LogP contribution in [-0.2, 0) is 14.3 Å². The fourth-order valence-corrected chi connectivity index (χ4v) is 2.98. The number of piperazine rings is 1. The summed E-state index contributed by atoms with van der Waals surface area (Å²) < 4.78 is 5.35. The molecule has 2 aliphatic rings. The van der Waals surface area contributed by atoms with E-state index in [4.69, 9.17) is 4.74 Å². The van der Waals surface area contributed by atoms with E-state index in [2.05, 4.69) is 5.32 Å². The van der Waals surface area contributed by atoms with Gasteiger partial charge in [0.15, 0.2) is 0 Å². The summed E-state index contributed by atoms with van der Waals surface area (Å²) in [5, 5.41) is 2.82. The van der Waals surface area contributed by atoms with E-state index < -0.39 is 6.04 Å². The average molecular weight is 268 g/mol. The van der Waals surface area contributed by atoms with Crippen LogP contribution in [0, 0.1) is 5.41 Å². The van der Waals surface area contributed by atoms with Gasteiger partial charge in [0.2, 0.25) is 11.8 Å². The number of hydrogen-bond acceptors (Lipinski definition) is 3. The lowest BCUT2D eigenvalue weighted by molar-refractivity contribution is -0.149. The molecule has 3 atom stereocenters. The quantitative estimate of drug-likeness (QED) is 0.810. The van der Waals surface area contributed by atoms with E-state index >= 15 is 0 Å². The van der Waals surface area contributed by atoms with Crippen molar-refractivity contribution in [3.05, 3.63) is 0 Å². The van der Waals surface area contributed by atoms with Crippen molar-refractivity contribution in [1.82, 2.24) is 10.2 Å². The number of nitrogens with one attached hydrogen (secondary N) is 1. The molecule has 1 aliphatic carbocycles. The average Bonchev–Trinajstić information content (AvgIpc) is 2.78.